The van der Waals surface area contributed by atoms with Gasteiger partial charge in [0.15, 0.2) is 6.54 Å². The van der Waals surface area contributed by atoms with Gasteiger partial charge in [0.05, 0.1) is 0 Å². The molecule has 0 atom stereocenters. The Balaban J connectivity index is 3.92. The summed E-state index contributed by atoms with van der Waals surface area (Å²) in [5.41, 5.74) is -1.43. The molecule has 4 nitrogen and oxygen atoms in total. The molecule has 0 radical (unpaired) electrons. The van der Waals surface area contributed by atoms with Gasteiger partial charge < -0.3 is 0 Å². The van der Waals surface area contributed by atoms with Crippen LogP contribution in [0.3, 0.4) is 0 Å². The van der Waals surface area contributed by atoms with Crippen molar-refractivity contribution in [1.82, 2.24) is 0 Å². The summed E-state index contributed by atoms with van der Waals surface area (Å²) in [7, 11) is 0. The summed E-state index contributed by atoms with van der Waals surface area (Å²) in [6, 6.07) is 0. The fourth-order valence-electron chi connectivity index (χ4n) is 0.304. The number of rotatable bonds is 3. The Morgan fingerprint density at radius 3 is 2.17 bits per heavy atom. The molecule has 0 aromatic heterocycles. The second-order valence-corrected chi connectivity index (χ2v) is 2.55. The SMILES string of the molecule is CC(C)(N=NCC(F)(F)F)OO. The smallest absolute Gasteiger partial charge is 0.249 e. The lowest BCUT2D eigenvalue weighted by molar-refractivity contribution is -0.311. The molecular weight excluding hydrogens is 177 g/mol. The van der Waals surface area contributed by atoms with Gasteiger partial charge in [-0.15, -0.1) is 0 Å². The Kier molecular flexibility index (Phi) is 3.59. The molecule has 0 saturated carbocycles. The molecule has 1 N–H and O–H groups in total. The monoisotopic (exact) mass is 186 g/mol. The first-order valence-electron chi connectivity index (χ1n) is 3.05. The molecule has 7 heteroatoms. The number of halogens is 3. The lowest BCUT2D eigenvalue weighted by Gasteiger charge is -2.12. The molecule has 0 saturated heterocycles. The van der Waals surface area contributed by atoms with Crippen molar-refractivity contribution < 1.29 is 23.3 Å². The van der Waals surface area contributed by atoms with E-state index in [1.165, 1.54) is 13.8 Å². The largest absolute Gasteiger partial charge is 0.409 e. The molecule has 0 aliphatic heterocycles. The Morgan fingerprint density at radius 1 is 1.33 bits per heavy atom. The first kappa shape index (κ1) is 11.3. The van der Waals surface area contributed by atoms with Crippen LogP contribution >= 0.6 is 0 Å². The van der Waals surface area contributed by atoms with E-state index in [0.717, 1.165) is 0 Å². The predicted octanol–water partition coefficient (Wildman–Crippen LogP) is 2.23. The first-order valence-corrected chi connectivity index (χ1v) is 3.05. The predicted molar refractivity (Wildman–Crippen MR) is 33.6 cm³/mol. The fourth-order valence-corrected chi connectivity index (χ4v) is 0.304. The van der Waals surface area contributed by atoms with E-state index in [4.69, 9.17) is 5.26 Å². The van der Waals surface area contributed by atoms with E-state index < -0.39 is 18.4 Å². The maximum Gasteiger partial charge on any atom is 0.409 e. The molecule has 0 bridgehead atoms. The highest BCUT2D eigenvalue weighted by Crippen LogP contribution is 2.16. The van der Waals surface area contributed by atoms with Crippen molar-refractivity contribution in [3.63, 3.8) is 0 Å². The van der Waals surface area contributed by atoms with Crippen LogP contribution in [-0.2, 0) is 4.89 Å². The lowest BCUT2D eigenvalue weighted by atomic mass is 10.3. The van der Waals surface area contributed by atoms with E-state index in [1.54, 1.807) is 0 Å². The van der Waals surface area contributed by atoms with Crippen molar-refractivity contribution in [1.29, 1.82) is 0 Å². The van der Waals surface area contributed by atoms with Gasteiger partial charge in [0.1, 0.15) is 0 Å². The van der Waals surface area contributed by atoms with E-state index in [1.807, 2.05) is 0 Å². The molecule has 0 fully saturated rings. The molecule has 12 heavy (non-hydrogen) atoms. The zero-order valence-corrected chi connectivity index (χ0v) is 6.59. The molecule has 0 aliphatic rings. The van der Waals surface area contributed by atoms with E-state index in [0.29, 0.717) is 0 Å². The van der Waals surface area contributed by atoms with Gasteiger partial charge in [-0.05, 0) is 13.8 Å². The number of azo groups is 1. The van der Waals surface area contributed by atoms with Crippen LogP contribution in [-0.4, -0.2) is 23.7 Å². The normalized spacial score (nSPS) is 14.2. The average molecular weight is 186 g/mol. The Bertz CT molecular complexity index is 167. The molecule has 0 spiro atoms. The first-order chi connectivity index (χ1) is 5.27. The minimum atomic E-state index is -4.38. The summed E-state index contributed by atoms with van der Waals surface area (Å²) in [5.74, 6) is 0. The van der Waals surface area contributed by atoms with Crippen molar-refractivity contribution in [2.24, 2.45) is 10.2 Å². The van der Waals surface area contributed by atoms with E-state index in [9.17, 15) is 13.2 Å². The van der Waals surface area contributed by atoms with Gasteiger partial charge in [-0.25, -0.2) is 10.1 Å². The van der Waals surface area contributed by atoms with Crippen LogP contribution in [0.25, 0.3) is 0 Å². The fraction of sp³-hybridized carbons (Fsp3) is 1.00. The highest BCUT2D eigenvalue weighted by atomic mass is 19.4. The number of nitrogens with zero attached hydrogens (tertiary/aromatic N) is 2. The summed E-state index contributed by atoms with van der Waals surface area (Å²) in [4.78, 5) is 3.72. The molecule has 0 heterocycles. The van der Waals surface area contributed by atoms with Crippen molar-refractivity contribution in [3.05, 3.63) is 0 Å². The third-order valence-corrected chi connectivity index (χ3v) is 0.785. The molecule has 0 aliphatic carbocycles. The molecule has 0 aromatic carbocycles. The van der Waals surface area contributed by atoms with Crippen molar-refractivity contribution >= 4 is 0 Å². The van der Waals surface area contributed by atoms with Gasteiger partial charge in [0.25, 0.3) is 0 Å². The van der Waals surface area contributed by atoms with E-state index in [2.05, 4.69) is 15.1 Å². The van der Waals surface area contributed by atoms with Gasteiger partial charge in [-0.3, -0.25) is 0 Å². The zero-order valence-electron chi connectivity index (χ0n) is 6.59. The molecule has 0 rings (SSSR count). The topological polar surface area (TPSA) is 54.2 Å². The van der Waals surface area contributed by atoms with Gasteiger partial charge in [0.2, 0.25) is 5.72 Å². The minimum absolute atomic E-state index is 1.27. The summed E-state index contributed by atoms with van der Waals surface area (Å²) in [6.45, 7) is 1.17. The maximum absolute atomic E-state index is 11.5. The van der Waals surface area contributed by atoms with Crippen LogP contribution in [0.15, 0.2) is 10.2 Å². The molecule has 0 aromatic rings. The van der Waals surface area contributed by atoms with Crippen LogP contribution in [0.1, 0.15) is 13.8 Å². The quantitative estimate of drug-likeness (QED) is 0.417. The van der Waals surface area contributed by atoms with E-state index in [-0.39, 0.29) is 0 Å². The third-order valence-electron chi connectivity index (χ3n) is 0.785. The number of alkyl halides is 3. The third kappa shape index (κ3) is 6.05. The van der Waals surface area contributed by atoms with E-state index >= 15 is 0 Å². The molecular formula is C5H9F3N2O2. The number of hydrogen-bond donors (Lipinski definition) is 1. The minimum Gasteiger partial charge on any atom is -0.249 e. The van der Waals surface area contributed by atoms with Crippen LogP contribution in [0.2, 0.25) is 0 Å². The summed E-state index contributed by atoms with van der Waals surface area (Å²) in [6.07, 6.45) is -4.38. The Hall–Kier alpha value is -0.690. The van der Waals surface area contributed by atoms with Gasteiger partial charge in [0, 0.05) is 0 Å². The highest BCUT2D eigenvalue weighted by molar-refractivity contribution is 4.60. The molecule has 0 unspecified atom stereocenters. The van der Waals surface area contributed by atoms with Gasteiger partial charge in [-0.2, -0.15) is 23.4 Å². The lowest BCUT2D eigenvalue weighted by Crippen LogP contribution is -2.20. The highest BCUT2D eigenvalue weighted by Gasteiger charge is 2.27. The standard InChI is InChI=1S/C5H9F3N2O2/c1-4(2,12-11)10-9-3-5(6,7)8/h11H,3H2,1-2H3. The summed E-state index contributed by atoms with van der Waals surface area (Å²) < 4.78 is 34.4. The second kappa shape index (κ2) is 3.81. The molecule has 0 amide bonds. The number of hydrogen-bond acceptors (Lipinski definition) is 4. The molecule has 72 valence electrons. The van der Waals surface area contributed by atoms with Crippen molar-refractivity contribution in [3.8, 4) is 0 Å². The average Bonchev–Trinajstić information content (AvgIpc) is 1.84. The van der Waals surface area contributed by atoms with Gasteiger partial charge in [-0.1, -0.05) is 0 Å². The Labute approximate surface area is 67.0 Å². The Morgan fingerprint density at radius 2 is 1.83 bits per heavy atom. The zero-order chi connectivity index (χ0) is 9.83. The second-order valence-electron chi connectivity index (χ2n) is 2.55. The maximum atomic E-state index is 11.5. The van der Waals surface area contributed by atoms with Crippen LogP contribution < -0.4 is 0 Å². The van der Waals surface area contributed by atoms with Gasteiger partial charge >= 0.3 is 6.18 Å². The van der Waals surface area contributed by atoms with Crippen LogP contribution in [0.5, 0.6) is 0 Å². The summed E-state index contributed by atoms with van der Waals surface area (Å²) in [5, 5.41) is 14.0. The summed E-state index contributed by atoms with van der Waals surface area (Å²) >= 11 is 0. The van der Waals surface area contributed by atoms with Crippen molar-refractivity contribution in [2.45, 2.75) is 25.7 Å². The van der Waals surface area contributed by atoms with Crippen molar-refractivity contribution in [2.75, 3.05) is 6.54 Å². The van der Waals surface area contributed by atoms with Crippen LogP contribution in [0, 0.1) is 0 Å². The van der Waals surface area contributed by atoms with Crippen LogP contribution in [0.4, 0.5) is 13.2 Å².